The summed E-state index contributed by atoms with van der Waals surface area (Å²) >= 11 is 0. The summed E-state index contributed by atoms with van der Waals surface area (Å²) in [6.45, 7) is 6.00. The van der Waals surface area contributed by atoms with Crippen molar-refractivity contribution in [3.05, 3.63) is 47.5 Å². The fraction of sp³-hybridized carbons (Fsp3) is 0.312. The van der Waals surface area contributed by atoms with Gasteiger partial charge in [0, 0.05) is 12.3 Å². The third kappa shape index (κ3) is 2.38. The van der Waals surface area contributed by atoms with E-state index >= 15 is 0 Å². The molecule has 0 aliphatic heterocycles. The molecule has 1 heteroatoms. The number of fused-ring (bicyclic) bond motifs is 1. The fourth-order valence-corrected chi connectivity index (χ4v) is 2.15. The summed E-state index contributed by atoms with van der Waals surface area (Å²) < 4.78 is 0. The molecule has 0 N–H and O–H groups in total. The molecule has 1 atom stereocenters. The molecular weight excluding hydrogens is 208 g/mol. The molecule has 2 aromatic rings. The van der Waals surface area contributed by atoms with Crippen LogP contribution >= 0.6 is 0 Å². The topological polar surface area (TPSA) is 17.1 Å². The molecule has 0 amide bonds. The number of aryl methyl sites for hydroxylation is 1. The van der Waals surface area contributed by atoms with Gasteiger partial charge in [0.1, 0.15) is 5.78 Å². The normalized spacial score (nSPS) is 12.6. The number of ketones is 1. The van der Waals surface area contributed by atoms with E-state index in [0.29, 0.717) is 12.2 Å². The molecule has 88 valence electrons. The van der Waals surface area contributed by atoms with Crippen molar-refractivity contribution in [1.29, 1.82) is 0 Å². The molecule has 1 unspecified atom stereocenters. The van der Waals surface area contributed by atoms with Crippen LogP contribution in [-0.2, 0) is 4.79 Å². The maximum Gasteiger partial charge on any atom is 0.139 e. The Balaban J connectivity index is 2.44. The zero-order valence-corrected chi connectivity index (χ0v) is 10.7. The second kappa shape index (κ2) is 4.70. The largest absolute Gasteiger partial charge is 0.299 e. The number of rotatable bonds is 3. The fourth-order valence-electron chi connectivity index (χ4n) is 2.15. The van der Waals surface area contributed by atoms with Crippen LogP contribution in [0.5, 0.6) is 0 Å². The molecule has 17 heavy (non-hydrogen) atoms. The quantitative estimate of drug-likeness (QED) is 0.765. The molecule has 0 aliphatic carbocycles. The minimum Gasteiger partial charge on any atom is -0.299 e. The van der Waals surface area contributed by atoms with Crippen LogP contribution in [-0.4, -0.2) is 5.78 Å². The number of carbonyl (C=O) groups is 1. The SMILES string of the molecule is CCC(=O)C(C)c1ccc2cc(C)ccc2c1. The van der Waals surface area contributed by atoms with E-state index in [9.17, 15) is 4.79 Å². The molecular formula is C16H18O. The second-order valence-electron chi connectivity index (χ2n) is 4.65. The molecule has 2 rings (SSSR count). The number of Topliss-reactive ketones (excluding diaryl/α,β-unsaturated/α-hetero) is 1. The first-order valence-electron chi connectivity index (χ1n) is 6.15. The van der Waals surface area contributed by atoms with Crippen LogP contribution in [0.1, 0.15) is 37.3 Å². The van der Waals surface area contributed by atoms with Crippen LogP contribution < -0.4 is 0 Å². The standard InChI is InChI=1S/C16H18O/c1-4-16(17)12(3)13-7-8-14-9-11(2)5-6-15(14)10-13/h5-10,12H,4H2,1-3H3. The number of benzene rings is 2. The van der Waals surface area contributed by atoms with E-state index in [2.05, 4.69) is 43.3 Å². The van der Waals surface area contributed by atoms with Gasteiger partial charge in [-0.25, -0.2) is 0 Å². The molecule has 2 aromatic carbocycles. The van der Waals surface area contributed by atoms with Gasteiger partial charge in [0.2, 0.25) is 0 Å². The number of carbonyl (C=O) groups excluding carboxylic acids is 1. The van der Waals surface area contributed by atoms with E-state index in [4.69, 9.17) is 0 Å². The average molecular weight is 226 g/mol. The highest BCUT2D eigenvalue weighted by molar-refractivity contribution is 5.88. The molecule has 0 heterocycles. The lowest BCUT2D eigenvalue weighted by Crippen LogP contribution is -2.07. The zero-order chi connectivity index (χ0) is 12.4. The van der Waals surface area contributed by atoms with Crippen molar-refractivity contribution in [2.45, 2.75) is 33.1 Å². The average Bonchev–Trinajstić information content (AvgIpc) is 2.36. The van der Waals surface area contributed by atoms with Gasteiger partial charge in [-0.1, -0.05) is 55.8 Å². The Bertz CT molecular complexity index is 554. The predicted octanol–water partition coefficient (Wildman–Crippen LogP) is 4.23. The molecule has 0 saturated heterocycles. The molecule has 0 fully saturated rings. The highest BCUT2D eigenvalue weighted by atomic mass is 16.1. The summed E-state index contributed by atoms with van der Waals surface area (Å²) in [6, 6.07) is 12.7. The van der Waals surface area contributed by atoms with Gasteiger partial charge in [-0.05, 0) is 23.3 Å². The summed E-state index contributed by atoms with van der Waals surface area (Å²) in [5.74, 6) is 0.308. The van der Waals surface area contributed by atoms with E-state index in [1.807, 2.05) is 13.8 Å². The van der Waals surface area contributed by atoms with E-state index in [0.717, 1.165) is 5.56 Å². The molecule has 1 nitrogen and oxygen atoms in total. The lowest BCUT2D eigenvalue weighted by Gasteiger charge is -2.10. The van der Waals surface area contributed by atoms with Gasteiger partial charge in [0.15, 0.2) is 0 Å². The summed E-state index contributed by atoms with van der Waals surface area (Å²) in [5.41, 5.74) is 2.39. The molecule has 0 aliphatic rings. The van der Waals surface area contributed by atoms with E-state index in [-0.39, 0.29) is 5.92 Å². The number of hydrogen-bond donors (Lipinski definition) is 0. The Morgan fingerprint density at radius 1 is 1.12 bits per heavy atom. The van der Waals surface area contributed by atoms with E-state index < -0.39 is 0 Å². The van der Waals surface area contributed by atoms with E-state index in [1.165, 1.54) is 16.3 Å². The summed E-state index contributed by atoms with van der Waals surface area (Å²) in [4.78, 5) is 11.7. The molecule has 0 aromatic heterocycles. The molecule has 0 radical (unpaired) electrons. The first-order chi connectivity index (χ1) is 8.11. The summed E-state index contributed by atoms with van der Waals surface area (Å²) in [7, 11) is 0. The van der Waals surface area contributed by atoms with E-state index in [1.54, 1.807) is 0 Å². The van der Waals surface area contributed by atoms with Crippen LogP contribution in [0.25, 0.3) is 10.8 Å². The Morgan fingerprint density at radius 2 is 1.76 bits per heavy atom. The van der Waals surface area contributed by atoms with Crippen molar-refractivity contribution in [2.75, 3.05) is 0 Å². The minimum atomic E-state index is 0.00528. The van der Waals surface area contributed by atoms with Gasteiger partial charge >= 0.3 is 0 Å². The first-order valence-corrected chi connectivity index (χ1v) is 6.15. The third-order valence-electron chi connectivity index (χ3n) is 3.35. The predicted molar refractivity (Wildman–Crippen MR) is 72.4 cm³/mol. The van der Waals surface area contributed by atoms with Gasteiger partial charge in [0.25, 0.3) is 0 Å². The van der Waals surface area contributed by atoms with Crippen molar-refractivity contribution in [1.82, 2.24) is 0 Å². The van der Waals surface area contributed by atoms with Crippen molar-refractivity contribution in [3.63, 3.8) is 0 Å². The maximum atomic E-state index is 11.7. The molecule has 0 spiro atoms. The zero-order valence-electron chi connectivity index (χ0n) is 10.7. The highest BCUT2D eigenvalue weighted by Crippen LogP contribution is 2.23. The van der Waals surface area contributed by atoms with Gasteiger partial charge in [-0.3, -0.25) is 4.79 Å². The van der Waals surface area contributed by atoms with Gasteiger partial charge in [0.05, 0.1) is 0 Å². The highest BCUT2D eigenvalue weighted by Gasteiger charge is 2.13. The lowest BCUT2D eigenvalue weighted by molar-refractivity contribution is -0.119. The maximum absolute atomic E-state index is 11.7. The summed E-state index contributed by atoms with van der Waals surface area (Å²) in [5, 5.41) is 2.45. The van der Waals surface area contributed by atoms with Gasteiger partial charge in [-0.2, -0.15) is 0 Å². The first kappa shape index (κ1) is 11.8. The Labute approximate surface area is 102 Å². The summed E-state index contributed by atoms with van der Waals surface area (Å²) in [6.07, 6.45) is 0.604. The Kier molecular flexibility index (Phi) is 3.28. The smallest absolute Gasteiger partial charge is 0.139 e. The van der Waals surface area contributed by atoms with Gasteiger partial charge in [-0.15, -0.1) is 0 Å². The van der Waals surface area contributed by atoms with Crippen LogP contribution in [0.3, 0.4) is 0 Å². The van der Waals surface area contributed by atoms with Crippen molar-refractivity contribution in [2.24, 2.45) is 0 Å². The monoisotopic (exact) mass is 226 g/mol. The molecule has 0 saturated carbocycles. The minimum absolute atomic E-state index is 0.00528. The number of hydrogen-bond acceptors (Lipinski definition) is 1. The Morgan fingerprint density at radius 3 is 2.47 bits per heavy atom. The van der Waals surface area contributed by atoms with Crippen LogP contribution in [0, 0.1) is 6.92 Å². The third-order valence-corrected chi connectivity index (χ3v) is 3.35. The van der Waals surface area contributed by atoms with Crippen molar-refractivity contribution in [3.8, 4) is 0 Å². The van der Waals surface area contributed by atoms with Crippen LogP contribution in [0.4, 0.5) is 0 Å². The van der Waals surface area contributed by atoms with Crippen LogP contribution in [0.15, 0.2) is 36.4 Å². The molecule has 0 bridgehead atoms. The van der Waals surface area contributed by atoms with Crippen LogP contribution in [0.2, 0.25) is 0 Å². The van der Waals surface area contributed by atoms with Crippen molar-refractivity contribution >= 4 is 16.6 Å². The second-order valence-corrected chi connectivity index (χ2v) is 4.65. The van der Waals surface area contributed by atoms with Gasteiger partial charge < -0.3 is 0 Å². The Hall–Kier alpha value is -1.63. The lowest BCUT2D eigenvalue weighted by atomic mass is 9.93. The van der Waals surface area contributed by atoms with Crippen molar-refractivity contribution < 1.29 is 4.79 Å².